The number of methoxy groups -OCH3 is 1. The van der Waals surface area contributed by atoms with E-state index in [9.17, 15) is 4.79 Å². The number of nitrogen functional groups attached to an aromatic ring is 1. The number of ether oxygens (including phenoxy) is 1. The van der Waals surface area contributed by atoms with Crippen LogP contribution in [0.3, 0.4) is 0 Å². The van der Waals surface area contributed by atoms with E-state index in [1.54, 1.807) is 25.3 Å². The lowest BCUT2D eigenvalue weighted by Gasteiger charge is -2.40. The fraction of sp³-hybridized carbons (Fsp3) is 0.462. The van der Waals surface area contributed by atoms with Crippen LogP contribution in [0.25, 0.3) is 0 Å². The van der Waals surface area contributed by atoms with Gasteiger partial charge in [0.05, 0.1) is 17.0 Å². The molecular formula is C13H19N3O2. The molecule has 0 atom stereocenters. The van der Waals surface area contributed by atoms with Crippen LogP contribution in [-0.2, 0) is 4.74 Å². The van der Waals surface area contributed by atoms with E-state index in [1.165, 1.54) is 6.42 Å². The molecular weight excluding hydrogens is 230 g/mol. The van der Waals surface area contributed by atoms with Gasteiger partial charge >= 0.3 is 0 Å². The quantitative estimate of drug-likeness (QED) is 0.687. The summed E-state index contributed by atoms with van der Waals surface area (Å²) in [4.78, 5) is 11.0. The minimum absolute atomic E-state index is 0.0607. The van der Waals surface area contributed by atoms with E-state index in [1.807, 2.05) is 0 Å². The second kappa shape index (κ2) is 4.86. The standard InChI is InChI=1S/C13H19N3O2/c1-18-13(5-2-6-13)8-16-11-4-3-9(12(15)17)7-10(11)14/h3-4,7,16H,2,5-6,8,14H2,1H3,(H2,15,17). The van der Waals surface area contributed by atoms with Crippen molar-refractivity contribution in [3.05, 3.63) is 23.8 Å². The Balaban J connectivity index is 2.03. The van der Waals surface area contributed by atoms with Crippen molar-refractivity contribution in [1.29, 1.82) is 0 Å². The number of amides is 1. The van der Waals surface area contributed by atoms with Gasteiger partial charge in [0.2, 0.25) is 5.91 Å². The van der Waals surface area contributed by atoms with Gasteiger partial charge in [0.1, 0.15) is 0 Å². The Morgan fingerprint density at radius 3 is 2.67 bits per heavy atom. The molecule has 1 aliphatic carbocycles. The monoisotopic (exact) mass is 249 g/mol. The summed E-state index contributed by atoms with van der Waals surface area (Å²) in [5, 5.41) is 3.27. The van der Waals surface area contributed by atoms with Crippen LogP contribution >= 0.6 is 0 Å². The maximum Gasteiger partial charge on any atom is 0.248 e. The van der Waals surface area contributed by atoms with Gasteiger partial charge < -0.3 is 21.5 Å². The molecule has 18 heavy (non-hydrogen) atoms. The summed E-state index contributed by atoms with van der Waals surface area (Å²) in [6.07, 6.45) is 3.33. The van der Waals surface area contributed by atoms with E-state index in [0.717, 1.165) is 25.1 Å². The molecule has 1 aromatic rings. The number of carbonyl (C=O) groups is 1. The Hall–Kier alpha value is -1.75. The number of nitrogens with two attached hydrogens (primary N) is 2. The van der Waals surface area contributed by atoms with Crippen LogP contribution in [0.4, 0.5) is 11.4 Å². The minimum Gasteiger partial charge on any atom is -0.397 e. The van der Waals surface area contributed by atoms with Crippen molar-refractivity contribution in [1.82, 2.24) is 0 Å². The third-order valence-corrected chi connectivity index (χ3v) is 3.63. The summed E-state index contributed by atoms with van der Waals surface area (Å²) in [5.74, 6) is -0.472. The van der Waals surface area contributed by atoms with Gasteiger partial charge in [0.25, 0.3) is 0 Å². The number of anilines is 2. The highest BCUT2D eigenvalue weighted by molar-refractivity contribution is 5.94. The topological polar surface area (TPSA) is 90.4 Å². The molecule has 2 rings (SSSR count). The first-order valence-corrected chi connectivity index (χ1v) is 6.05. The van der Waals surface area contributed by atoms with Crippen molar-refractivity contribution in [3.63, 3.8) is 0 Å². The van der Waals surface area contributed by atoms with Gasteiger partial charge in [0, 0.05) is 19.2 Å². The van der Waals surface area contributed by atoms with Crippen LogP contribution < -0.4 is 16.8 Å². The molecule has 5 N–H and O–H groups in total. The fourth-order valence-electron chi connectivity index (χ4n) is 2.16. The van der Waals surface area contributed by atoms with Crippen molar-refractivity contribution in [2.75, 3.05) is 24.7 Å². The Labute approximate surface area is 106 Å². The second-order valence-electron chi connectivity index (χ2n) is 4.76. The lowest BCUT2D eigenvalue weighted by Crippen LogP contribution is -2.45. The molecule has 1 saturated carbocycles. The van der Waals surface area contributed by atoms with Crippen molar-refractivity contribution in [2.45, 2.75) is 24.9 Å². The number of hydrogen-bond acceptors (Lipinski definition) is 4. The third kappa shape index (κ3) is 2.41. The first-order chi connectivity index (χ1) is 8.56. The molecule has 5 nitrogen and oxygen atoms in total. The van der Waals surface area contributed by atoms with E-state index in [4.69, 9.17) is 16.2 Å². The molecule has 0 unspecified atom stereocenters. The average Bonchev–Trinajstić information content (AvgIpc) is 2.29. The van der Waals surface area contributed by atoms with Gasteiger partial charge in [0.15, 0.2) is 0 Å². The first kappa shape index (κ1) is 12.7. The molecule has 0 aromatic heterocycles. The van der Waals surface area contributed by atoms with Gasteiger partial charge in [-0.05, 0) is 37.5 Å². The Bertz CT molecular complexity index is 450. The van der Waals surface area contributed by atoms with E-state index in [0.29, 0.717) is 11.3 Å². The zero-order valence-corrected chi connectivity index (χ0v) is 10.5. The van der Waals surface area contributed by atoms with Crippen LogP contribution in [0.15, 0.2) is 18.2 Å². The predicted molar refractivity (Wildman–Crippen MR) is 71.5 cm³/mol. The summed E-state index contributed by atoms with van der Waals surface area (Å²) in [6, 6.07) is 5.03. The van der Waals surface area contributed by atoms with Crippen molar-refractivity contribution >= 4 is 17.3 Å². The maximum absolute atomic E-state index is 11.0. The SMILES string of the molecule is COC1(CNc2ccc(C(N)=O)cc2N)CCC1. The fourth-order valence-corrected chi connectivity index (χ4v) is 2.16. The molecule has 0 heterocycles. The Kier molecular flexibility index (Phi) is 3.43. The number of hydrogen-bond donors (Lipinski definition) is 3. The predicted octanol–water partition coefficient (Wildman–Crippen LogP) is 1.35. The first-order valence-electron chi connectivity index (χ1n) is 6.05. The molecule has 1 fully saturated rings. The summed E-state index contributed by atoms with van der Waals surface area (Å²) in [7, 11) is 1.74. The zero-order chi connectivity index (χ0) is 13.2. The minimum atomic E-state index is -0.472. The molecule has 98 valence electrons. The molecule has 0 radical (unpaired) electrons. The van der Waals surface area contributed by atoms with Crippen molar-refractivity contribution in [3.8, 4) is 0 Å². The average molecular weight is 249 g/mol. The van der Waals surface area contributed by atoms with Crippen LogP contribution in [0.5, 0.6) is 0 Å². The lowest BCUT2D eigenvalue weighted by molar-refractivity contribution is -0.0601. The smallest absolute Gasteiger partial charge is 0.248 e. The molecule has 5 heteroatoms. The van der Waals surface area contributed by atoms with Gasteiger partial charge in [-0.15, -0.1) is 0 Å². The van der Waals surface area contributed by atoms with Gasteiger partial charge in [-0.1, -0.05) is 0 Å². The molecule has 1 amide bonds. The van der Waals surface area contributed by atoms with E-state index >= 15 is 0 Å². The van der Waals surface area contributed by atoms with Crippen molar-refractivity contribution in [2.24, 2.45) is 5.73 Å². The molecule has 0 bridgehead atoms. The zero-order valence-electron chi connectivity index (χ0n) is 10.5. The number of benzene rings is 1. The second-order valence-corrected chi connectivity index (χ2v) is 4.76. The van der Waals surface area contributed by atoms with Gasteiger partial charge in [-0.2, -0.15) is 0 Å². The van der Waals surface area contributed by atoms with Crippen LogP contribution in [0, 0.1) is 0 Å². The maximum atomic E-state index is 11.0. The molecule has 0 spiro atoms. The number of primary amides is 1. The van der Waals surface area contributed by atoms with E-state index in [2.05, 4.69) is 5.32 Å². The molecule has 0 saturated heterocycles. The highest BCUT2D eigenvalue weighted by Crippen LogP contribution is 2.35. The van der Waals surface area contributed by atoms with E-state index < -0.39 is 5.91 Å². The molecule has 1 aliphatic rings. The van der Waals surface area contributed by atoms with Crippen molar-refractivity contribution < 1.29 is 9.53 Å². The largest absolute Gasteiger partial charge is 0.397 e. The van der Waals surface area contributed by atoms with Crippen LogP contribution in [-0.4, -0.2) is 25.2 Å². The summed E-state index contributed by atoms with van der Waals surface area (Å²) >= 11 is 0. The summed E-state index contributed by atoms with van der Waals surface area (Å²) in [6.45, 7) is 0.726. The Morgan fingerprint density at radius 1 is 1.50 bits per heavy atom. The summed E-state index contributed by atoms with van der Waals surface area (Å²) in [5.41, 5.74) is 12.8. The molecule has 0 aliphatic heterocycles. The number of rotatable bonds is 5. The van der Waals surface area contributed by atoms with Gasteiger partial charge in [-0.25, -0.2) is 0 Å². The third-order valence-electron chi connectivity index (χ3n) is 3.63. The number of nitrogens with one attached hydrogen (secondary N) is 1. The van der Waals surface area contributed by atoms with Crippen LogP contribution in [0.1, 0.15) is 29.6 Å². The van der Waals surface area contributed by atoms with Gasteiger partial charge in [-0.3, -0.25) is 4.79 Å². The highest BCUT2D eigenvalue weighted by Gasteiger charge is 2.36. The Morgan fingerprint density at radius 2 is 2.22 bits per heavy atom. The molecule has 1 aromatic carbocycles. The summed E-state index contributed by atoms with van der Waals surface area (Å²) < 4.78 is 5.52. The highest BCUT2D eigenvalue weighted by atomic mass is 16.5. The lowest BCUT2D eigenvalue weighted by atomic mass is 9.80. The normalized spacial score (nSPS) is 16.9. The number of carbonyl (C=O) groups excluding carboxylic acids is 1. The van der Waals surface area contributed by atoms with E-state index in [-0.39, 0.29) is 5.60 Å². The van der Waals surface area contributed by atoms with Crippen LogP contribution in [0.2, 0.25) is 0 Å².